The van der Waals surface area contributed by atoms with Gasteiger partial charge in [0, 0.05) is 19.5 Å². The molecule has 0 unspecified atom stereocenters. The normalized spacial score (nSPS) is 10.6. The first-order valence-electron chi connectivity index (χ1n) is 8.85. The molecule has 0 aliphatic rings. The van der Waals surface area contributed by atoms with Crippen molar-refractivity contribution in [1.29, 1.82) is 5.26 Å². The van der Waals surface area contributed by atoms with Crippen LogP contribution in [0.1, 0.15) is 29.8 Å². The Morgan fingerprint density at radius 3 is 2.73 bits per heavy atom. The van der Waals surface area contributed by atoms with E-state index in [0.29, 0.717) is 24.9 Å². The molecule has 0 aliphatic carbocycles. The standard InChI is InChI=1S/C21H22N4O/c1-16-24-19-5-2-3-6-20(19)25(16)14-4-13-23-21(26)12-11-17-7-9-18(15-22)10-8-17/h2-3,5-10H,4,11-14H2,1H3,(H,23,26). The zero-order valence-corrected chi connectivity index (χ0v) is 14.9. The Balaban J connectivity index is 1.42. The van der Waals surface area contributed by atoms with Crippen molar-refractivity contribution >= 4 is 16.9 Å². The largest absolute Gasteiger partial charge is 0.356 e. The summed E-state index contributed by atoms with van der Waals surface area (Å²) in [6, 6.07) is 17.6. The van der Waals surface area contributed by atoms with Crippen molar-refractivity contribution in [1.82, 2.24) is 14.9 Å². The van der Waals surface area contributed by atoms with Crippen molar-refractivity contribution in [2.75, 3.05) is 6.54 Å². The van der Waals surface area contributed by atoms with Crippen LogP contribution in [0.5, 0.6) is 0 Å². The molecule has 0 aliphatic heterocycles. The lowest BCUT2D eigenvalue weighted by molar-refractivity contribution is -0.121. The molecule has 132 valence electrons. The van der Waals surface area contributed by atoms with Gasteiger partial charge in [-0.3, -0.25) is 4.79 Å². The molecule has 1 N–H and O–H groups in total. The van der Waals surface area contributed by atoms with Crippen molar-refractivity contribution in [3.8, 4) is 6.07 Å². The molecule has 1 aromatic heterocycles. The third-order valence-corrected chi connectivity index (χ3v) is 4.45. The highest BCUT2D eigenvalue weighted by atomic mass is 16.1. The van der Waals surface area contributed by atoms with Crippen LogP contribution in [0, 0.1) is 18.3 Å². The minimum atomic E-state index is 0.0570. The number of nitriles is 1. The highest BCUT2D eigenvalue weighted by Gasteiger charge is 2.07. The van der Waals surface area contributed by atoms with E-state index in [2.05, 4.69) is 27.0 Å². The third kappa shape index (κ3) is 4.28. The van der Waals surface area contributed by atoms with Crippen molar-refractivity contribution in [3.05, 3.63) is 65.5 Å². The Labute approximate surface area is 153 Å². The number of aromatic nitrogens is 2. The quantitative estimate of drug-likeness (QED) is 0.667. The first-order valence-corrected chi connectivity index (χ1v) is 8.85. The molecule has 2 aromatic carbocycles. The first-order chi connectivity index (χ1) is 12.7. The summed E-state index contributed by atoms with van der Waals surface area (Å²) in [6.45, 7) is 3.50. The van der Waals surface area contributed by atoms with Gasteiger partial charge >= 0.3 is 0 Å². The molecule has 1 heterocycles. The Bertz CT molecular complexity index is 935. The van der Waals surface area contributed by atoms with E-state index in [1.807, 2.05) is 37.3 Å². The number of para-hydroxylation sites is 2. The number of fused-ring (bicyclic) bond motifs is 1. The summed E-state index contributed by atoms with van der Waals surface area (Å²) < 4.78 is 2.19. The fraction of sp³-hybridized carbons (Fsp3) is 0.286. The van der Waals surface area contributed by atoms with E-state index in [4.69, 9.17) is 5.26 Å². The maximum Gasteiger partial charge on any atom is 0.220 e. The molecule has 3 rings (SSSR count). The van der Waals surface area contributed by atoms with E-state index in [-0.39, 0.29) is 5.91 Å². The summed E-state index contributed by atoms with van der Waals surface area (Å²) in [5.41, 5.74) is 3.86. The number of nitrogens with zero attached hydrogens (tertiary/aromatic N) is 3. The van der Waals surface area contributed by atoms with E-state index in [0.717, 1.165) is 35.4 Å². The minimum absolute atomic E-state index is 0.0570. The minimum Gasteiger partial charge on any atom is -0.356 e. The number of rotatable bonds is 7. The van der Waals surface area contributed by atoms with E-state index in [1.54, 1.807) is 12.1 Å². The fourth-order valence-electron chi connectivity index (χ4n) is 3.04. The summed E-state index contributed by atoms with van der Waals surface area (Å²) in [4.78, 5) is 16.6. The Kier molecular flexibility index (Phi) is 5.65. The van der Waals surface area contributed by atoms with E-state index in [1.165, 1.54) is 0 Å². The van der Waals surface area contributed by atoms with Crippen LogP contribution in [-0.4, -0.2) is 22.0 Å². The highest BCUT2D eigenvalue weighted by molar-refractivity contribution is 5.76. The SMILES string of the molecule is Cc1nc2ccccc2n1CCCNC(=O)CCc1ccc(C#N)cc1. The summed E-state index contributed by atoms with van der Waals surface area (Å²) in [5, 5.41) is 11.8. The van der Waals surface area contributed by atoms with Crippen LogP contribution in [0.3, 0.4) is 0 Å². The molecule has 0 fully saturated rings. The number of carbonyl (C=O) groups excluding carboxylic acids is 1. The van der Waals surface area contributed by atoms with E-state index >= 15 is 0 Å². The molecular formula is C21H22N4O. The zero-order valence-electron chi connectivity index (χ0n) is 14.9. The van der Waals surface area contributed by atoms with Crippen molar-refractivity contribution < 1.29 is 4.79 Å². The molecule has 0 saturated carbocycles. The second kappa shape index (κ2) is 8.30. The lowest BCUT2D eigenvalue weighted by Crippen LogP contribution is -2.25. The van der Waals surface area contributed by atoms with Crippen LogP contribution in [0.25, 0.3) is 11.0 Å². The fourth-order valence-corrected chi connectivity index (χ4v) is 3.04. The molecule has 5 nitrogen and oxygen atoms in total. The lowest BCUT2D eigenvalue weighted by atomic mass is 10.1. The molecule has 0 saturated heterocycles. The van der Waals surface area contributed by atoms with Crippen molar-refractivity contribution in [2.24, 2.45) is 0 Å². The number of hydrogen-bond donors (Lipinski definition) is 1. The predicted octanol–water partition coefficient (Wildman–Crippen LogP) is 3.36. The van der Waals surface area contributed by atoms with Crippen LogP contribution in [0.4, 0.5) is 0 Å². The maximum atomic E-state index is 12.0. The first kappa shape index (κ1) is 17.7. The second-order valence-corrected chi connectivity index (χ2v) is 6.31. The molecular weight excluding hydrogens is 324 g/mol. The van der Waals surface area contributed by atoms with Crippen molar-refractivity contribution in [3.63, 3.8) is 0 Å². The predicted molar refractivity (Wildman–Crippen MR) is 102 cm³/mol. The van der Waals surface area contributed by atoms with Gasteiger partial charge in [0.2, 0.25) is 5.91 Å². The number of aryl methyl sites for hydroxylation is 3. The zero-order chi connectivity index (χ0) is 18.4. The molecule has 26 heavy (non-hydrogen) atoms. The Morgan fingerprint density at radius 2 is 1.96 bits per heavy atom. The third-order valence-electron chi connectivity index (χ3n) is 4.45. The van der Waals surface area contributed by atoms with Gasteiger partial charge in [-0.05, 0) is 49.6 Å². The van der Waals surface area contributed by atoms with Crippen LogP contribution in [-0.2, 0) is 17.8 Å². The maximum absolute atomic E-state index is 12.0. The Morgan fingerprint density at radius 1 is 1.19 bits per heavy atom. The molecule has 1 amide bonds. The molecule has 5 heteroatoms. The monoisotopic (exact) mass is 346 g/mol. The van der Waals surface area contributed by atoms with E-state index < -0.39 is 0 Å². The average Bonchev–Trinajstić information content (AvgIpc) is 2.99. The van der Waals surface area contributed by atoms with E-state index in [9.17, 15) is 4.79 Å². The average molecular weight is 346 g/mol. The van der Waals surface area contributed by atoms with Gasteiger partial charge in [0.25, 0.3) is 0 Å². The number of amides is 1. The molecule has 0 spiro atoms. The topological polar surface area (TPSA) is 70.7 Å². The number of imidazole rings is 1. The molecule has 0 atom stereocenters. The second-order valence-electron chi connectivity index (χ2n) is 6.31. The number of nitrogens with one attached hydrogen (secondary N) is 1. The van der Waals surface area contributed by atoms with Gasteiger partial charge in [-0.2, -0.15) is 5.26 Å². The lowest BCUT2D eigenvalue weighted by Gasteiger charge is -2.08. The highest BCUT2D eigenvalue weighted by Crippen LogP contribution is 2.15. The van der Waals surface area contributed by atoms with Gasteiger partial charge in [0.05, 0.1) is 22.7 Å². The molecule has 0 bridgehead atoms. The Hall–Kier alpha value is -3.13. The summed E-state index contributed by atoms with van der Waals surface area (Å²) in [7, 11) is 0. The van der Waals surface area contributed by atoms with Crippen LogP contribution in [0.2, 0.25) is 0 Å². The summed E-state index contributed by atoms with van der Waals surface area (Å²) in [5.74, 6) is 1.06. The number of hydrogen-bond acceptors (Lipinski definition) is 3. The number of benzene rings is 2. The molecule has 0 radical (unpaired) electrons. The van der Waals surface area contributed by atoms with Crippen LogP contribution < -0.4 is 5.32 Å². The number of carbonyl (C=O) groups is 1. The van der Waals surface area contributed by atoms with Crippen LogP contribution >= 0.6 is 0 Å². The molecule has 3 aromatic rings. The van der Waals surface area contributed by atoms with Gasteiger partial charge < -0.3 is 9.88 Å². The van der Waals surface area contributed by atoms with Gasteiger partial charge in [-0.1, -0.05) is 24.3 Å². The van der Waals surface area contributed by atoms with Gasteiger partial charge in [0.15, 0.2) is 0 Å². The van der Waals surface area contributed by atoms with Gasteiger partial charge in [-0.25, -0.2) is 4.98 Å². The van der Waals surface area contributed by atoms with Gasteiger partial charge in [-0.15, -0.1) is 0 Å². The summed E-state index contributed by atoms with van der Waals surface area (Å²) >= 11 is 0. The summed E-state index contributed by atoms with van der Waals surface area (Å²) in [6.07, 6.45) is 2.01. The smallest absolute Gasteiger partial charge is 0.220 e. The van der Waals surface area contributed by atoms with Crippen molar-refractivity contribution in [2.45, 2.75) is 32.7 Å². The van der Waals surface area contributed by atoms with Crippen LogP contribution in [0.15, 0.2) is 48.5 Å². The van der Waals surface area contributed by atoms with Gasteiger partial charge in [0.1, 0.15) is 5.82 Å².